The number of pyridine rings is 1. The maximum Gasteiger partial charge on any atom is 0.129 e. The Kier molecular flexibility index (Phi) is 4.19. The summed E-state index contributed by atoms with van der Waals surface area (Å²) in [7, 11) is 2.24. The number of hydrogen-bond donors (Lipinski definition) is 0. The van der Waals surface area contributed by atoms with Crippen molar-refractivity contribution in [1.29, 1.82) is 0 Å². The van der Waals surface area contributed by atoms with Crippen LogP contribution in [0.4, 0.5) is 0 Å². The average molecular weight is 239 g/mol. The molecule has 1 aliphatic rings. The summed E-state index contributed by atoms with van der Waals surface area (Å²) in [4.78, 5) is 6.50. The van der Waals surface area contributed by atoms with E-state index in [-0.39, 0.29) is 0 Å². The number of likely N-dealkylation sites (tertiary alicyclic amines) is 1. The summed E-state index contributed by atoms with van der Waals surface area (Å²) in [6.45, 7) is 1.25. The van der Waals surface area contributed by atoms with E-state index >= 15 is 0 Å². The molecule has 0 N–H and O–H groups in total. The minimum atomic E-state index is 0.606. The van der Waals surface area contributed by atoms with Gasteiger partial charge in [0.25, 0.3) is 0 Å². The quantitative estimate of drug-likeness (QED) is 0.753. The van der Waals surface area contributed by atoms with E-state index in [4.69, 9.17) is 11.6 Å². The Bertz CT molecular complexity index is 340. The van der Waals surface area contributed by atoms with E-state index in [1.54, 1.807) is 6.20 Å². The minimum absolute atomic E-state index is 0.606. The van der Waals surface area contributed by atoms with Crippen molar-refractivity contribution in [3.63, 3.8) is 0 Å². The zero-order chi connectivity index (χ0) is 11.4. The lowest BCUT2D eigenvalue weighted by molar-refractivity contribution is 0.176. The maximum absolute atomic E-state index is 5.87. The molecule has 88 valence electrons. The highest BCUT2D eigenvalue weighted by atomic mass is 35.5. The predicted molar refractivity (Wildman–Crippen MR) is 67.8 cm³/mol. The van der Waals surface area contributed by atoms with Gasteiger partial charge in [0.2, 0.25) is 0 Å². The monoisotopic (exact) mass is 238 g/mol. The molecular formula is C13H19ClN2. The second kappa shape index (κ2) is 5.65. The van der Waals surface area contributed by atoms with Crippen molar-refractivity contribution in [2.75, 3.05) is 13.6 Å². The van der Waals surface area contributed by atoms with Crippen molar-refractivity contribution in [2.45, 2.75) is 38.1 Å². The highest BCUT2D eigenvalue weighted by molar-refractivity contribution is 6.29. The SMILES string of the molecule is CN1CCCC[C@H]1CCc1ccnc(Cl)c1. The van der Waals surface area contributed by atoms with Gasteiger partial charge in [-0.15, -0.1) is 0 Å². The number of piperidine rings is 1. The number of halogens is 1. The van der Waals surface area contributed by atoms with Gasteiger partial charge >= 0.3 is 0 Å². The van der Waals surface area contributed by atoms with Crippen molar-refractivity contribution in [3.8, 4) is 0 Å². The number of hydrogen-bond acceptors (Lipinski definition) is 2. The van der Waals surface area contributed by atoms with Crippen molar-refractivity contribution in [2.24, 2.45) is 0 Å². The van der Waals surface area contributed by atoms with Crippen LogP contribution >= 0.6 is 11.6 Å². The van der Waals surface area contributed by atoms with Crippen LogP contribution in [0, 0.1) is 0 Å². The van der Waals surface area contributed by atoms with E-state index in [1.165, 1.54) is 37.8 Å². The van der Waals surface area contributed by atoms with Crippen LogP contribution in [0.15, 0.2) is 18.3 Å². The van der Waals surface area contributed by atoms with Gasteiger partial charge in [-0.25, -0.2) is 4.98 Å². The molecule has 1 saturated heterocycles. The summed E-state index contributed by atoms with van der Waals surface area (Å²) in [6.07, 6.45) is 8.21. The van der Waals surface area contributed by atoms with Crippen LogP contribution < -0.4 is 0 Å². The molecule has 0 radical (unpaired) electrons. The molecule has 16 heavy (non-hydrogen) atoms. The van der Waals surface area contributed by atoms with Crippen molar-refractivity contribution < 1.29 is 0 Å². The number of rotatable bonds is 3. The number of aryl methyl sites for hydroxylation is 1. The Morgan fingerprint density at radius 1 is 1.50 bits per heavy atom. The van der Waals surface area contributed by atoms with Gasteiger partial charge in [-0.3, -0.25) is 0 Å². The first kappa shape index (κ1) is 11.9. The number of nitrogens with zero attached hydrogens (tertiary/aromatic N) is 2. The summed E-state index contributed by atoms with van der Waals surface area (Å²) in [5.74, 6) is 0. The second-order valence-corrected chi connectivity index (χ2v) is 5.04. The van der Waals surface area contributed by atoms with Crippen LogP contribution in [-0.2, 0) is 6.42 Å². The molecule has 0 bridgehead atoms. The topological polar surface area (TPSA) is 16.1 Å². The molecule has 1 fully saturated rings. The van der Waals surface area contributed by atoms with Crippen molar-refractivity contribution in [3.05, 3.63) is 29.0 Å². The lowest BCUT2D eigenvalue weighted by Crippen LogP contribution is -2.36. The summed E-state index contributed by atoms with van der Waals surface area (Å²) in [6, 6.07) is 4.79. The second-order valence-electron chi connectivity index (χ2n) is 4.66. The van der Waals surface area contributed by atoms with Crippen LogP contribution in [0.25, 0.3) is 0 Å². The predicted octanol–water partition coefficient (Wildman–Crippen LogP) is 3.15. The van der Waals surface area contributed by atoms with Gasteiger partial charge in [0.15, 0.2) is 0 Å². The molecule has 1 aliphatic heterocycles. The Hall–Kier alpha value is -0.600. The maximum atomic E-state index is 5.87. The molecule has 2 nitrogen and oxygen atoms in total. The fourth-order valence-corrected chi connectivity index (χ4v) is 2.64. The first-order valence-electron chi connectivity index (χ1n) is 6.06. The molecule has 0 spiro atoms. The lowest BCUT2D eigenvalue weighted by atomic mass is 9.97. The molecule has 1 aromatic rings. The number of aromatic nitrogens is 1. The van der Waals surface area contributed by atoms with Gasteiger partial charge in [0.05, 0.1) is 0 Å². The van der Waals surface area contributed by atoms with Crippen LogP contribution in [0.3, 0.4) is 0 Å². The fraction of sp³-hybridized carbons (Fsp3) is 0.615. The van der Waals surface area contributed by atoms with Crippen molar-refractivity contribution in [1.82, 2.24) is 9.88 Å². The molecule has 0 amide bonds. The summed E-state index contributed by atoms with van der Waals surface area (Å²) < 4.78 is 0. The summed E-state index contributed by atoms with van der Waals surface area (Å²) >= 11 is 5.87. The third-order valence-corrected chi connectivity index (χ3v) is 3.69. The third kappa shape index (κ3) is 3.19. The molecule has 1 aromatic heterocycles. The Morgan fingerprint density at radius 3 is 3.12 bits per heavy atom. The third-order valence-electron chi connectivity index (χ3n) is 3.48. The average Bonchev–Trinajstić information content (AvgIpc) is 2.28. The van der Waals surface area contributed by atoms with E-state index < -0.39 is 0 Å². The normalized spacial score (nSPS) is 22.2. The van der Waals surface area contributed by atoms with E-state index in [0.717, 1.165) is 12.5 Å². The molecule has 0 saturated carbocycles. The molecule has 2 rings (SSSR count). The Balaban J connectivity index is 1.86. The molecule has 3 heteroatoms. The van der Waals surface area contributed by atoms with Crippen molar-refractivity contribution >= 4 is 11.6 Å². The highest BCUT2D eigenvalue weighted by Gasteiger charge is 2.18. The Morgan fingerprint density at radius 2 is 2.38 bits per heavy atom. The first-order chi connectivity index (χ1) is 7.75. The van der Waals surface area contributed by atoms with E-state index in [0.29, 0.717) is 5.15 Å². The molecule has 1 atom stereocenters. The lowest BCUT2D eigenvalue weighted by Gasteiger charge is -2.32. The van der Waals surface area contributed by atoms with E-state index in [9.17, 15) is 0 Å². The zero-order valence-electron chi connectivity index (χ0n) is 9.82. The van der Waals surface area contributed by atoms with E-state index in [2.05, 4.69) is 23.0 Å². The molecule has 0 aliphatic carbocycles. The fourth-order valence-electron chi connectivity index (χ4n) is 2.44. The smallest absolute Gasteiger partial charge is 0.129 e. The van der Waals surface area contributed by atoms with Crippen LogP contribution in [-0.4, -0.2) is 29.5 Å². The van der Waals surface area contributed by atoms with Gasteiger partial charge in [-0.05, 0) is 57.0 Å². The largest absolute Gasteiger partial charge is 0.303 e. The summed E-state index contributed by atoms with van der Waals surface area (Å²) in [5.41, 5.74) is 1.30. The van der Waals surface area contributed by atoms with Gasteiger partial charge in [-0.1, -0.05) is 18.0 Å². The van der Waals surface area contributed by atoms with Gasteiger partial charge in [-0.2, -0.15) is 0 Å². The summed E-state index contributed by atoms with van der Waals surface area (Å²) in [5, 5.41) is 0.606. The molecule has 0 unspecified atom stereocenters. The molecule has 2 heterocycles. The zero-order valence-corrected chi connectivity index (χ0v) is 10.6. The minimum Gasteiger partial charge on any atom is -0.303 e. The van der Waals surface area contributed by atoms with E-state index in [1.807, 2.05) is 6.07 Å². The standard InChI is InChI=1S/C13H19ClN2/c1-16-9-3-2-4-12(16)6-5-11-7-8-15-13(14)10-11/h7-8,10,12H,2-6,9H2,1H3/t12-/m0/s1. The van der Waals surface area contributed by atoms with Crippen LogP contribution in [0.5, 0.6) is 0 Å². The van der Waals surface area contributed by atoms with Gasteiger partial charge < -0.3 is 4.90 Å². The van der Waals surface area contributed by atoms with Gasteiger partial charge in [0.1, 0.15) is 5.15 Å². The van der Waals surface area contributed by atoms with Gasteiger partial charge in [0, 0.05) is 12.2 Å². The van der Waals surface area contributed by atoms with Crippen LogP contribution in [0.1, 0.15) is 31.2 Å². The molecule has 0 aromatic carbocycles. The molecular weight excluding hydrogens is 220 g/mol. The highest BCUT2D eigenvalue weighted by Crippen LogP contribution is 2.20. The Labute approximate surface area is 103 Å². The van der Waals surface area contributed by atoms with Crippen LogP contribution in [0.2, 0.25) is 5.15 Å². The first-order valence-corrected chi connectivity index (χ1v) is 6.44.